The summed E-state index contributed by atoms with van der Waals surface area (Å²) in [6.07, 6.45) is -0.0927. The molecule has 0 aromatic heterocycles. The fourth-order valence-electron chi connectivity index (χ4n) is 2.34. The van der Waals surface area contributed by atoms with E-state index in [-0.39, 0.29) is 13.0 Å². The SMILES string of the molecule is O=C(O)C1CC(O)CN1C(=O)NCCc1ccc(Cl)cc1. The number of halogens is 1. The van der Waals surface area contributed by atoms with Crippen LogP contribution in [0.2, 0.25) is 5.02 Å². The van der Waals surface area contributed by atoms with Gasteiger partial charge in [0.2, 0.25) is 0 Å². The molecule has 0 aliphatic carbocycles. The molecule has 114 valence electrons. The van der Waals surface area contributed by atoms with E-state index >= 15 is 0 Å². The molecule has 2 unspecified atom stereocenters. The Labute approximate surface area is 127 Å². The number of β-amino-alcohol motifs (C(OH)–C–C–N with tert-alkyl or cyclic N) is 1. The van der Waals surface area contributed by atoms with Crippen molar-refractivity contribution in [3.05, 3.63) is 34.9 Å². The molecule has 2 atom stereocenters. The van der Waals surface area contributed by atoms with Gasteiger partial charge < -0.3 is 20.4 Å². The van der Waals surface area contributed by atoms with Gasteiger partial charge in [0.1, 0.15) is 6.04 Å². The molecule has 3 N–H and O–H groups in total. The van der Waals surface area contributed by atoms with Gasteiger partial charge in [0, 0.05) is 24.5 Å². The lowest BCUT2D eigenvalue weighted by molar-refractivity contribution is -0.141. The van der Waals surface area contributed by atoms with Gasteiger partial charge in [-0.15, -0.1) is 0 Å². The second-order valence-electron chi connectivity index (χ2n) is 5.00. The summed E-state index contributed by atoms with van der Waals surface area (Å²) in [5.41, 5.74) is 1.02. The van der Waals surface area contributed by atoms with E-state index in [1.165, 1.54) is 0 Å². The van der Waals surface area contributed by atoms with E-state index in [2.05, 4.69) is 5.32 Å². The van der Waals surface area contributed by atoms with Crippen LogP contribution in [-0.2, 0) is 11.2 Å². The summed E-state index contributed by atoms with van der Waals surface area (Å²) in [7, 11) is 0. The fraction of sp³-hybridized carbons (Fsp3) is 0.429. The van der Waals surface area contributed by atoms with Crippen molar-refractivity contribution in [3.8, 4) is 0 Å². The molecule has 1 saturated heterocycles. The highest BCUT2D eigenvalue weighted by Gasteiger charge is 2.38. The van der Waals surface area contributed by atoms with Gasteiger partial charge in [0.15, 0.2) is 0 Å². The lowest BCUT2D eigenvalue weighted by Gasteiger charge is -2.21. The van der Waals surface area contributed by atoms with Crippen LogP contribution in [-0.4, -0.2) is 52.3 Å². The van der Waals surface area contributed by atoms with Crippen LogP contribution in [0.5, 0.6) is 0 Å². The van der Waals surface area contributed by atoms with E-state index in [1.54, 1.807) is 12.1 Å². The molecule has 1 aliphatic rings. The highest BCUT2D eigenvalue weighted by molar-refractivity contribution is 6.30. The van der Waals surface area contributed by atoms with Gasteiger partial charge >= 0.3 is 12.0 Å². The Kier molecular flexibility index (Phi) is 5.03. The van der Waals surface area contributed by atoms with Crippen LogP contribution in [0.4, 0.5) is 4.79 Å². The van der Waals surface area contributed by atoms with Gasteiger partial charge in [0.05, 0.1) is 6.10 Å². The number of carbonyl (C=O) groups is 2. The summed E-state index contributed by atoms with van der Waals surface area (Å²) in [5, 5.41) is 21.9. The van der Waals surface area contributed by atoms with Crippen molar-refractivity contribution in [2.24, 2.45) is 0 Å². The third kappa shape index (κ3) is 4.09. The second-order valence-corrected chi connectivity index (χ2v) is 5.44. The van der Waals surface area contributed by atoms with E-state index in [1.807, 2.05) is 12.1 Å². The molecule has 2 amide bonds. The van der Waals surface area contributed by atoms with Gasteiger partial charge in [-0.3, -0.25) is 0 Å². The van der Waals surface area contributed by atoms with Crippen LogP contribution in [0.1, 0.15) is 12.0 Å². The highest BCUT2D eigenvalue weighted by atomic mass is 35.5. The number of nitrogens with zero attached hydrogens (tertiary/aromatic N) is 1. The van der Waals surface area contributed by atoms with E-state index in [4.69, 9.17) is 16.7 Å². The van der Waals surface area contributed by atoms with Crippen LogP contribution in [0, 0.1) is 0 Å². The Balaban J connectivity index is 1.84. The van der Waals surface area contributed by atoms with Crippen molar-refractivity contribution in [1.82, 2.24) is 10.2 Å². The average Bonchev–Trinajstić information content (AvgIpc) is 2.83. The summed E-state index contributed by atoms with van der Waals surface area (Å²) >= 11 is 5.79. The van der Waals surface area contributed by atoms with Crippen LogP contribution in [0.15, 0.2) is 24.3 Å². The number of hydrogen-bond acceptors (Lipinski definition) is 3. The molecule has 0 saturated carbocycles. The standard InChI is InChI=1S/C14H17ClN2O4/c15-10-3-1-9(2-4-10)5-6-16-14(21)17-8-11(18)7-12(17)13(19)20/h1-4,11-12,18H,5-8H2,(H,16,21)(H,19,20). The fourth-order valence-corrected chi connectivity index (χ4v) is 2.46. The van der Waals surface area contributed by atoms with Gasteiger partial charge in [-0.05, 0) is 24.1 Å². The summed E-state index contributed by atoms with van der Waals surface area (Å²) in [4.78, 5) is 24.2. The Hall–Kier alpha value is -1.79. The first-order valence-electron chi connectivity index (χ1n) is 6.67. The molecule has 1 heterocycles. The smallest absolute Gasteiger partial charge is 0.326 e. The van der Waals surface area contributed by atoms with Gasteiger partial charge in [-0.2, -0.15) is 0 Å². The predicted molar refractivity (Wildman–Crippen MR) is 77.3 cm³/mol. The minimum Gasteiger partial charge on any atom is -0.480 e. The number of aliphatic hydroxyl groups is 1. The molecule has 1 aliphatic heterocycles. The second kappa shape index (κ2) is 6.78. The number of rotatable bonds is 4. The zero-order chi connectivity index (χ0) is 15.4. The molecule has 0 spiro atoms. The van der Waals surface area contributed by atoms with Crippen molar-refractivity contribution in [1.29, 1.82) is 0 Å². The minimum absolute atomic E-state index is 0.0454. The van der Waals surface area contributed by atoms with Crippen LogP contribution in [0.3, 0.4) is 0 Å². The first-order chi connectivity index (χ1) is 9.97. The Bertz CT molecular complexity index is 520. The van der Waals surface area contributed by atoms with Crippen LogP contribution < -0.4 is 5.32 Å². The number of carboxylic acids is 1. The molecule has 21 heavy (non-hydrogen) atoms. The summed E-state index contributed by atoms with van der Waals surface area (Å²) in [6, 6.07) is 5.86. The van der Waals surface area contributed by atoms with E-state index < -0.39 is 24.1 Å². The van der Waals surface area contributed by atoms with Crippen molar-refractivity contribution in [3.63, 3.8) is 0 Å². The Morgan fingerprint density at radius 1 is 1.33 bits per heavy atom. The minimum atomic E-state index is -1.10. The number of benzene rings is 1. The lowest BCUT2D eigenvalue weighted by atomic mass is 10.1. The molecule has 2 rings (SSSR count). The number of urea groups is 1. The normalized spacial score (nSPS) is 21.3. The number of carbonyl (C=O) groups excluding carboxylic acids is 1. The lowest BCUT2D eigenvalue weighted by Crippen LogP contribution is -2.46. The molecule has 0 bridgehead atoms. The van der Waals surface area contributed by atoms with Gasteiger partial charge in [-0.25, -0.2) is 9.59 Å². The molecule has 6 nitrogen and oxygen atoms in total. The summed E-state index contributed by atoms with van der Waals surface area (Å²) < 4.78 is 0. The molecule has 1 aromatic rings. The Morgan fingerprint density at radius 3 is 2.62 bits per heavy atom. The maximum absolute atomic E-state index is 12.0. The molecule has 0 radical (unpaired) electrons. The van der Waals surface area contributed by atoms with Crippen molar-refractivity contribution in [2.45, 2.75) is 25.0 Å². The average molecular weight is 313 g/mol. The van der Waals surface area contributed by atoms with Gasteiger partial charge in [-0.1, -0.05) is 23.7 Å². The monoisotopic (exact) mass is 312 g/mol. The highest BCUT2D eigenvalue weighted by Crippen LogP contribution is 2.18. The Morgan fingerprint density at radius 2 is 2.00 bits per heavy atom. The largest absolute Gasteiger partial charge is 0.480 e. The van der Waals surface area contributed by atoms with E-state index in [0.717, 1.165) is 10.5 Å². The van der Waals surface area contributed by atoms with Gasteiger partial charge in [0.25, 0.3) is 0 Å². The number of nitrogens with one attached hydrogen (secondary N) is 1. The number of aliphatic carboxylic acids is 1. The zero-order valence-electron chi connectivity index (χ0n) is 11.3. The molecule has 1 fully saturated rings. The quantitative estimate of drug-likeness (QED) is 0.777. The molecule has 1 aromatic carbocycles. The molecule has 7 heteroatoms. The number of aliphatic hydroxyl groups excluding tert-OH is 1. The van der Waals surface area contributed by atoms with Crippen molar-refractivity contribution in [2.75, 3.05) is 13.1 Å². The zero-order valence-corrected chi connectivity index (χ0v) is 12.1. The number of amides is 2. The van der Waals surface area contributed by atoms with E-state index in [9.17, 15) is 14.7 Å². The topological polar surface area (TPSA) is 89.9 Å². The predicted octanol–water partition coefficient (Wildman–Crippen LogP) is 1.11. The van der Waals surface area contributed by atoms with Crippen molar-refractivity contribution >= 4 is 23.6 Å². The van der Waals surface area contributed by atoms with Crippen LogP contribution >= 0.6 is 11.6 Å². The first-order valence-corrected chi connectivity index (χ1v) is 7.05. The third-order valence-electron chi connectivity index (χ3n) is 3.43. The number of hydrogen-bond donors (Lipinski definition) is 3. The maximum Gasteiger partial charge on any atom is 0.326 e. The molecular formula is C14H17ClN2O4. The molecular weight excluding hydrogens is 296 g/mol. The van der Waals surface area contributed by atoms with Crippen LogP contribution in [0.25, 0.3) is 0 Å². The van der Waals surface area contributed by atoms with Crippen molar-refractivity contribution < 1.29 is 19.8 Å². The first kappa shape index (κ1) is 15.6. The van der Waals surface area contributed by atoms with E-state index in [0.29, 0.717) is 18.0 Å². The number of likely N-dealkylation sites (tertiary alicyclic amines) is 1. The maximum atomic E-state index is 12.0. The summed E-state index contributed by atoms with van der Waals surface area (Å²) in [6.45, 7) is 0.434. The third-order valence-corrected chi connectivity index (χ3v) is 3.68. The summed E-state index contributed by atoms with van der Waals surface area (Å²) in [5.74, 6) is -1.10. The number of carboxylic acid groups (broad SMARTS) is 1.